The summed E-state index contributed by atoms with van der Waals surface area (Å²) in [5.41, 5.74) is 2.01. The summed E-state index contributed by atoms with van der Waals surface area (Å²) in [6.07, 6.45) is 4.33. The van der Waals surface area contributed by atoms with Crippen LogP contribution in [0, 0.1) is 0 Å². The van der Waals surface area contributed by atoms with Crippen LogP contribution >= 0.6 is 35.0 Å². The molecule has 0 amide bonds. The van der Waals surface area contributed by atoms with Crippen LogP contribution in [0.4, 0.5) is 0 Å². The van der Waals surface area contributed by atoms with Gasteiger partial charge >= 0.3 is 0 Å². The van der Waals surface area contributed by atoms with Gasteiger partial charge in [-0.2, -0.15) is 9.78 Å². The number of hydrogen-bond acceptors (Lipinski definition) is 4. The standard InChI is InChI=1S/C17H14Cl2N4S/c1-24-17-22-21-16(10-12-5-3-2-4-6-12)23(17)20-11-13-7-8-14(18)15(19)9-13/h2-9,11H,10H2,1H3/b20-11-. The van der Waals surface area contributed by atoms with Crippen molar-refractivity contribution in [1.82, 2.24) is 14.9 Å². The molecule has 0 spiro atoms. The molecule has 0 N–H and O–H groups in total. The number of rotatable bonds is 5. The van der Waals surface area contributed by atoms with Crippen molar-refractivity contribution in [2.24, 2.45) is 5.10 Å². The second-order valence-electron chi connectivity index (χ2n) is 5.00. The highest BCUT2D eigenvalue weighted by molar-refractivity contribution is 7.98. The molecule has 4 nitrogen and oxygen atoms in total. The van der Waals surface area contributed by atoms with Gasteiger partial charge in [-0.15, -0.1) is 10.2 Å². The highest BCUT2D eigenvalue weighted by Crippen LogP contribution is 2.22. The number of thioether (sulfide) groups is 1. The Morgan fingerprint density at radius 2 is 1.88 bits per heavy atom. The molecule has 0 unspecified atom stereocenters. The van der Waals surface area contributed by atoms with E-state index < -0.39 is 0 Å². The molecule has 3 rings (SSSR count). The van der Waals surface area contributed by atoms with Crippen LogP contribution in [0.2, 0.25) is 10.0 Å². The van der Waals surface area contributed by atoms with Crippen molar-refractivity contribution in [2.45, 2.75) is 11.6 Å². The van der Waals surface area contributed by atoms with Crippen LogP contribution in [-0.4, -0.2) is 27.3 Å². The normalized spacial score (nSPS) is 11.3. The minimum Gasteiger partial charge on any atom is -0.191 e. The van der Waals surface area contributed by atoms with Crippen LogP contribution in [0.3, 0.4) is 0 Å². The van der Waals surface area contributed by atoms with E-state index in [1.54, 1.807) is 23.0 Å². The van der Waals surface area contributed by atoms with E-state index in [4.69, 9.17) is 23.2 Å². The third-order valence-corrected chi connectivity index (χ3v) is 4.69. The van der Waals surface area contributed by atoms with Crippen LogP contribution in [0.25, 0.3) is 0 Å². The maximum absolute atomic E-state index is 6.04. The highest BCUT2D eigenvalue weighted by Gasteiger charge is 2.11. The number of aromatic nitrogens is 3. The summed E-state index contributed by atoms with van der Waals surface area (Å²) < 4.78 is 1.75. The first-order chi connectivity index (χ1) is 11.7. The summed E-state index contributed by atoms with van der Waals surface area (Å²) in [4.78, 5) is 0. The Kier molecular flexibility index (Phi) is 5.56. The molecule has 3 aromatic rings. The van der Waals surface area contributed by atoms with Gasteiger partial charge in [0.25, 0.3) is 0 Å². The zero-order valence-electron chi connectivity index (χ0n) is 12.9. The first-order valence-corrected chi connectivity index (χ1v) is 9.17. The van der Waals surface area contributed by atoms with Gasteiger partial charge in [0.15, 0.2) is 5.82 Å². The molecular weight excluding hydrogens is 363 g/mol. The highest BCUT2D eigenvalue weighted by atomic mass is 35.5. The van der Waals surface area contributed by atoms with Crippen LogP contribution in [-0.2, 0) is 6.42 Å². The number of nitrogens with zero attached hydrogens (tertiary/aromatic N) is 4. The number of hydrogen-bond donors (Lipinski definition) is 0. The lowest BCUT2D eigenvalue weighted by molar-refractivity contribution is 0.730. The Hall–Kier alpha value is -1.82. The van der Waals surface area contributed by atoms with Gasteiger partial charge in [0, 0.05) is 6.42 Å². The van der Waals surface area contributed by atoms with Crippen LogP contribution < -0.4 is 0 Å². The fraction of sp³-hybridized carbons (Fsp3) is 0.118. The topological polar surface area (TPSA) is 43.1 Å². The Bertz CT molecular complexity index is 862. The van der Waals surface area contributed by atoms with E-state index in [9.17, 15) is 0 Å². The second kappa shape index (κ2) is 7.83. The lowest BCUT2D eigenvalue weighted by atomic mass is 10.1. The molecule has 0 aliphatic rings. The average Bonchev–Trinajstić information content (AvgIpc) is 2.98. The SMILES string of the molecule is CSc1nnc(Cc2ccccc2)n1/N=C\c1ccc(Cl)c(Cl)c1. The molecule has 24 heavy (non-hydrogen) atoms. The van der Waals surface area contributed by atoms with Gasteiger partial charge in [-0.25, -0.2) is 0 Å². The molecule has 1 aromatic heterocycles. The predicted molar refractivity (Wildman–Crippen MR) is 101 cm³/mol. The van der Waals surface area contributed by atoms with E-state index in [0.717, 1.165) is 22.1 Å². The Morgan fingerprint density at radius 3 is 2.58 bits per heavy atom. The molecule has 0 aliphatic heterocycles. The Balaban J connectivity index is 1.90. The Morgan fingerprint density at radius 1 is 1.08 bits per heavy atom. The maximum atomic E-state index is 6.04. The average molecular weight is 377 g/mol. The van der Waals surface area contributed by atoms with Gasteiger partial charge in [0.1, 0.15) is 0 Å². The first-order valence-electron chi connectivity index (χ1n) is 7.19. The van der Waals surface area contributed by atoms with E-state index in [1.807, 2.05) is 30.5 Å². The molecule has 0 atom stereocenters. The molecule has 0 fully saturated rings. The third kappa shape index (κ3) is 3.98. The zero-order chi connectivity index (χ0) is 16.9. The number of halogens is 2. The van der Waals surface area contributed by atoms with Crippen molar-refractivity contribution in [2.75, 3.05) is 6.26 Å². The molecule has 7 heteroatoms. The van der Waals surface area contributed by atoms with Crippen LogP contribution in [0.5, 0.6) is 0 Å². The van der Waals surface area contributed by atoms with Crippen molar-refractivity contribution >= 4 is 41.2 Å². The van der Waals surface area contributed by atoms with Gasteiger partial charge in [-0.05, 0) is 29.5 Å². The molecular formula is C17H14Cl2N4S. The molecule has 2 aromatic carbocycles. The molecule has 0 saturated heterocycles. The molecule has 122 valence electrons. The predicted octanol–water partition coefficient (Wildman–Crippen LogP) is 4.78. The summed E-state index contributed by atoms with van der Waals surface area (Å²) in [5.74, 6) is 0.780. The fourth-order valence-electron chi connectivity index (χ4n) is 2.14. The van der Waals surface area contributed by atoms with Crippen molar-refractivity contribution in [3.05, 3.63) is 75.5 Å². The van der Waals surface area contributed by atoms with Crippen molar-refractivity contribution in [3.63, 3.8) is 0 Å². The minimum absolute atomic E-state index is 0.499. The van der Waals surface area contributed by atoms with Gasteiger partial charge in [-0.1, -0.05) is 71.4 Å². The molecule has 0 bridgehead atoms. The molecule has 0 aliphatic carbocycles. The third-order valence-electron chi connectivity index (χ3n) is 3.33. The lowest BCUT2D eigenvalue weighted by Crippen LogP contribution is -2.01. The largest absolute Gasteiger partial charge is 0.211 e. The maximum Gasteiger partial charge on any atom is 0.211 e. The van der Waals surface area contributed by atoms with E-state index in [1.165, 1.54) is 11.8 Å². The van der Waals surface area contributed by atoms with Crippen LogP contribution in [0.15, 0.2) is 58.8 Å². The van der Waals surface area contributed by atoms with Crippen molar-refractivity contribution in [1.29, 1.82) is 0 Å². The molecule has 1 heterocycles. The van der Waals surface area contributed by atoms with E-state index in [2.05, 4.69) is 27.4 Å². The van der Waals surface area contributed by atoms with E-state index in [-0.39, 0.29) is 0 Å². The van der Waals surface area contributed by atoms with Crippen molar-refractivity contribution < 1.29 is 0 Å². The summed E-state index contributed by atoms with van der Waals surface area (Å²) in [6.45, 7) is 0. The minimum atomic E-state index is 0.499. The monoisotopic (exact) mass is 376 g/mol. The van der Waals surface area contributed by atoms with Gasteiger partial charge in [-0.3, -0.25) is 0 Å². The fourth-order valence-corrected chi connectivity index (χ4v) is 2.90. The Labute approximate surface area is 154 Å². The van der Waals surface area contributed by atoms with E-state index >= 15 is 0 Å². The van der Waals surface area contributed by atoms with Gasteiger partial charge in [0.2, 0.25) is 5.16 Å². The second-order valence-corrected chi connectivity index (χ2v) is 6.58. The molecule has 0 radical (unpaired) electrons. The number of benzene rings is 2. The van der Waals surface area contributed by atoms with Gasteiger partial charge in [0.05, 0.1) is 16.3 Å². The quantitative estimate of drug-likeness (QED) is 0.475. The summed E-state index contributed by atoms with van der Waals surface area (Å²) in [7, 11) is 0. The smallest absolute Gasteiger partial charge is 0.191 e. The zero-order valence-corrected chi connectivity index (χ0v) is 15.2. The summed E-state index contributed by atoms with van der Waals surface area (Å²) in [5, 5.41) is 14.7. The lowest BCUT2D eigenvalue weighted by Gasteiger charge is -2.03. The first kappa shape index (κ1) is 17.0. The van der Waals surface area contributed by atoms with Crippen LogP contribution in [0.1, 0.15) is 17.0 Å². The summed E-state index contributed by atoms with van der Waals surface area (Å²) in [6, 6.07) is 15.5. The van der Waals surface area contributed by atoms with Gasteiger partial charge < -0.3 is 0 Å². The van der Waals surface area contributed by atoms with Crippen molar-refractivity contribution in [3.8, 4) is 0 Å². The summed E-state index contributed by atoms with van der Waals surface area (Å²) >= 11 is 13.5. The molecule has 0 saturated carbocycles. The van der Waals surface area contributed by atoms with E-state index in [0.29, 0.717) is 16.5 Å².